The third-order valence-electron chi connectivity index (χ3n) is 6.51. The van der Waals surface area contributed by atoms with E-state index in [4.69, 9.17) is 9.72 Å². The molecule has 36 heavy (non-hydrogen) atoms. The van der Waals surface area contributed by atoms with Crippen LogP contribution in [0, 0.1) is 0 Å². The predicted molar refractivity (Wildman–Crippen MR) is 145 cm³/mol. The molecule has 0 amide bonds. The maximum absolute atomic E-state index is 12.7. The average molecular weight is 512 g/mol. The number of benzene rings is 3. The first-order valence-corrected chi connectivity index (χ1v) is 13.9. The fraction of sp³-hybridized carbons (Fsp3) is 0.207. The zero-order valence-corrected chi connectivity index (χ0v) is 21.3. The number of H-pyrrole nitrogens is 1. The smallest absolute Gasteiger partial charge is 0.163 e. The standard InChI is InChI=1S/C29H25N3O2S2/c33-24-11-6-9-20-21(24)13-14-25(22(20)18-35-29-32-23-10-4-5-12-27(23)36-29)34-26(17-28-30-15-16-31-28)19-7-2-1-3-8-19/h1-5,7-8,10,12-16,26H,6,9,11,17-18H2,(H,30,31)/t26-/m0/s1. The van der Waals surface area contributed by atoms with Crippen LogP contribution in [0.3, 0.4) is 0 Å². The Morgan fingerprint density at radius 2 is 1.89 bits per heavy atom. The van der Waals surface area contributed by atoms with Gasteiger partial charge in [0.05, 0.1) is 10.2 Å². The van der Waals surface area contributed by atoms with E-state index < -0.39 is 0 Å². The van der Waals surface area contributed by atoms with Gasteiger partial charge >= 0.3 is 0 Å². The number of ketones is 1. The Kier molecular flexibility index (Phi) is 6.57. The lowest BCUT2D eigenvalue weighted by Gasteiger charge is -2.25. The minimum atomic E-state index is -0.208. The van der Waals surface area contributed by atoms with E-state index in [0.29, 0.717) is 18.6 Å². The number of thiazole rings is 1. The summed E-state index contributed by atoms with van der Waals surface area (Å²) in [5.41, 5.74) is 5.19. The number of nitrogens with zero attached hydrogens (tertiary/aromatic N) is 2. The summed E-state index contributed by atoms with van der Waals surface area (Å²) in [5.74, 6) is 2.64. The van der Waals surface area contributed by atoms with Crippen LogP contribution < -0.4 is 4.74 Å². The second-order valence-corrected chi connectivity index (χ2v) is 11.1. The van der Waals surface area contributed by atoms with Crippen LogP contribution in [0.25, 0.3) is 10.2 Å². The highest BCUT2D eigenvalue weighted by molar-refractivity contribution is 8.00. The molecule has 1 aliphatic carbocycles. The number of Topliss-reactive ketones (excluding diaryl/α,β-unsaturated/α-hetero) is 1. The van der Waals surface area contributed by atoms with Gasteiger partial charge in [0.15, 0.2) is 10.1 Å². The molecule has 180 valence electrons. The van der Waals surface area contributed by atoms with Crippen molar-refractivity contribution in [3.63, 3.8) is 0 Å². The molecule has 1 atom stereocenters. The number of hydrogen-bond acceptors (Lipinski definition) is 6. The van der Waals surface area contributed by atoms with Crippen LogP contribution in [-0.2, 0) is 18.6 Å². The van der Waals surface area contributed by atoms with E-state index in [9.17, 15) is 4.79 Å². The Hall–Kier alpha value is -3.42. The van der Waals surface area contributed by atoms with Gasteiger partial charge < -0.3 is 9.72 Å². The Bertz CT molecular complexity index is 1460. The summed E-state index contributed by atoms with van der Waals surface area (Å²) in [6.07, 6.45) is 6.40. The van der Waals surface area contributed by atoms with Crippen LogP contribution in [-0.4, -0.2) is 20.7 Å². The van der Waals surface area contributed by atoms with Crippen molar-refractivity contribution in [1.29, 1.82) is 0 Å². The van der Waals surface area contributed by atoms with E-state index in [1.54, 1.807) is 29.3 Å². The third-order valence-corrected chi connectivity index (χ3v) is 8.71. The van der Waals surface area contributed by atoms with Gasteiger partial charge in [-0.1, -0.05) is 54.2 Å². The van der Waals surface area contributed by atoms with Crippen molar-refractivity contribution in [1.82, 2.24) is 15.0 Å². The van der Waals surface area contributed by atoms with Gasteiger partial charge in [-0.3, -0.25) is 4.79 Å². The summed E-state index contributed by atoms with van der Waals surface area (Å²) in [6, 6.07) is 22.4. The Morgan fingerprint density at radius 3 is 2.72 bits per heavy atom. The molecule has 5 nitrogen and oxygen atoms in total. The molecule has 3 aromatic carbocycles. The highest BCUT2D eigenvalue weighted by Crippen LogP contribution is 2.39. The molecule has 0 radical (unpaired) electrons. The zero-order valence-electron chi connectivity index (χ0n) is 19.6. The Balaban J connectivity index is 1.35. The molecule has 1 N–H and O–H groups in total. The molecule has 0 spiro atoms. The number of aromatic nitrogens is 3. The monoisotopic (exact) mass is 511 g/mol. The molecule has 0 saturated carbocycles. The van der Waals surface area contributed by atoms with E-state index in [-0.39, 0.29) is 11.9 Å². The molecule has 1 aliphatic rings. The lowest BCUT2D eigenvalue weighted by molar-refractivity contribution is 0.0972. The van der Waals surface area contributed by atoms with Gasteiger partial charge in [0.2, 0.25) is 0 Å². The number of imidazole rings is 1. The topological polar surface area (TPSA) is 67.9 Å². The van der Waals surface area contributed by atoms with Crippen molar-refractivity contribution in [3.05, 3.63) is 107 Å². The molecule has 0 bridgehead atoms. The van der Waals surface area contributed by atoms with E-state index in [2.05, 4.69) is 28.2 Å². The molecule has 5 aromatic rings. The molecule has 0 fully saturated rings. The number of carbonyl (C=O) groups is 1. The fourth-order valence-corrected chi connectivity index (χ4v) is 6.85. The molecule has 2 aromatic heterocycles. The number of thioether (sulfide) groups is 1. The summed E-state index contributed by atoms with van der Waals surface area (Å²) >= 11 is 3.42. The summed E-state index contributed by atoms with van der Waals surface area (Å²) in [5, 5.41) is 0. The zero-order chi connectivity index (χ0) is 24.3. The van der Waals surface area contributed by atoms with Gasteiger partial charge in [-0.25, -0.2) is 9.97 Å². The number of aromatic amines is 1. The lowest BCUT2D eigenvalue weighted by Crippen LogP contribution is -2.16. The summed E-state index contributed by atoms with van der Waals surface area (Å²) < 4.78 is 8.96. The van der Waals surface area contributed by atoms with Gasteiger partial charge in [-0.05, 0) is 48.2 Å². The fourth-order valence-electron chi connectivity index (χ4n) is 4.73. The summed E-state index contributed by atoms with van der Waals surface area (Å²) in [4.78, 5) is 25.2. The van der Waals surface area contributed by atoms with E-state index in [1.807, 2.05) is 54.7 Å². The normalized spacial score (nSPS) is 14.1. The van der Waals surface area contributed by atoms with Crippen molar-refractivity contribution in [2.75, 3.05) is 0 Å². The van der Waals surface area contributed by atoms with Gasteiger partial charge in [-0.15, -0.1) is 11.3 Å². The number of hydrogen-bond donors (Lipinski definition) is 1. The molecule has 0 aliphatic heterocycles. The number of carbonyl (C=O) groups excluding carboxylic acids is 1. The summed E-state index contributed by atoms with van der Waals surface area (Å²) in [6.45, 7) is 0. The number of rotatable bonds is 8. The van der Waals surface area contributed by atoms with Crippen LogP contribution in [0.4, 0.5) is 0 Å². The van der Waals surface area contributed by atoms with Crippen LogP contribution in [0.2, 0.25) is 0 Å². The first kappa shape index (κ1) is 23.0. The van der Waals surface area contributed by atoms with E-state index >= 15 is 0 Å². The molecule has 2 heterocycles. The molecule has 0 unspecified atom stereocenters. The maximum Gasteiger partial charge on any atom is 0.163 e. The molecular formula is C29H25N3O2S2. The summed E-state index contributed by atoms with van der Waals surface area (Å²) in [7, 11) is 0. The second-order valence-electron chi connectivity index (χ2n) is 8.84. The number of ether oxygens (including phenoxy) is 1. The number of para-hydroxylation sites is 1. The van der Waals surface area contributed by atoms with Crippen LogP contribution >= 0.6 is 23.1 Å². The van der Waals surface area contributed by atoms with Crippen molar-refractivity contribution in [3.8, 4) is 5.75 Å². The predicted octanol–water partition coefficient (Wildman–Crippen LogP) is 7.19. The molecule has 6 rings (SSSR count). The van der Waals surface area contributed by atoms with Crippen LogP contribution in [0.1, 0.15) is 51.8 Å². The van der Waals surface area contributed by atoms with Crippen molar-refractivity contribution in [2.45, 2.75) is 41.9 Å². The molecule has 7 heteroatoms. The number of fused-ring (bicyclic) bond motifs is 2. The van der Waals surface area contributed by atoms with Crippen molar-refractivity contribution in [2.24, 2.45) is 0 Å². The van der Waals surface area contributed by atoms with Gasteiger partial charge in [-0.2, -0.15) is 0 Å². The number of nitrogens with one attached hydrogen (secondary N) is 1. The Labute approximate surface area is 218 Å². The van der Waals surface area contributed by atoms with E-state index in [1.165, 1.54) is 4.70 Å². The highest BCUT2D eigenvalue weighted by Gasteiger charge is 2.25. The van der Waals surface area contributed by atoms with E-state index in [0.717, 1.165) is 56.5 Å². The first-order chi connectivity index (χ1) is 17.7. The molecular weight excluding hydrogens is 486 g/mol. The largest absolute Gasteiger partial charge is 0.485 e. The average Bonchev–Trinajstić information content (AvgIpc) is 3.58. The third kappa shape index (κ3) is 4.81. The SMILES string of the molecule is O=C1CCCc2c1ccc(O[C@@H](Cc1ncc[nH]1)c1ccccc1)c2CSc1nc2ccccc2s1. The maximum atomic E-state index is 12.7. The van der Waals surface area contributed by atoms with Crippen molar-refractivity contribution < 1.29 is 9.53 Å². The minimum absolute atomic E-state index is 0.208. The first-order valence-electron chi connectivity index (χ1n) is 12.1. The van der Waals surface area contributed by atoms with Crippen molar-refractivity contribution >= 4 is 39.1 Å². The van der Waals surface area contributed by atoms with Crippen LogP contribution in [0.15, 0.2) is 83.5 Å². The van der Waals surface area contributed by atoms with Gasteiger partial charge in [0.25, 0.3) is 0 Å². The lowest BCUT2D eigenvalue weighted by atomic mass is 9.87. The van der Waals surface area contributed by atoms with Crippen LogP contribution in [0.5, 0.6) is 5.75 Å². The quantitative estimate of drug-likeness (QED) is 0.223. The Morgan fingerprint density at radius 1 is 1.03 bits per heavy atom. The second kappa shape index (κ2) is 10.3. The van der Waals surface area contributed by atoms with Gasteiger partial charge in [0, 0.05) is 42.1 Å². The minimum Gasteiger partial charge on any atom is -0.485 e. The van der Waals surface area contributed by atoms with Gasteiger partial charge in [0.1, 0.15) is 17.7 Å². The molecule has 0 saturated heterocycles. The highest BCUT2D eigenvalue weighted by atomic mass is 32.2.